The third-order valence-corrected chi connectivity index (χ3v) is 4.40. The first kappa shape index (κ1) is 18.4. The predicted molar refractivity (Wildman–Crippen MR) is 96.0 cm³/mol. The lowest BCUT2D eigenvalue weighted by molar-refractivity contribution is 0.0535. The Labute approximate surface area is 156 Å². The molecule has 1 aliphatic rings. The number of rotatable bonds is 4. The normalized spacial score (nSPS) is 14.0. The van der Waals surface area contributed by atoms with E-state index in [9.17, 15) is 14.4 Å². The van der Waals surface area contributed by atoms with Gasteiger partial charge in [-0.25, -0.2) is 9.78 Å². The fraction of sp³-hybridized carbons (Fsp3) is 0.263. The Morgan fingerprint density at radius 1 is 0.963 bits per heavy atom. The van der Waals surface area contributed by atoms with Crippen LogP contribution in [0.15, 0.2) is 42.6 Å². The molecule has 1 aliphatic heterocycles. The number of aromatic nitrogens is 1. The molecule has 1 fully saturated rings. The molecule has 0 unspecified atom stereocenters. The van der Waals surface area contributed by atoms with Crippen molar-refractivity contribution in [3.05, 3.63) is 59.4 Å². The van der Waals surface area contributed by atoms with Gasteiger partial charge in [0.05, 0.1) is 12.7 Å². The highest BCUT2D eigenvalue weighted by atomic mass is 16.5. The lowest BCUT2D eigenvalue weighted by Gasteiger charge is -2.34. The molecular weight excluding hydrogens is 350 g/mol. The number of piperazine rings is 1. The van der Waals surface area contributed by atoms with Gasteiger partial charge >= 0.3 is 5.97 Å². The zero-order valence-corrected chi connectivity index (χ0v) is 14.8. The third-order valence-electron chi connectivity index (χ3n) is 4.40. The molecule has 3 rings (SSSR count). The van der Waals surface area contributed by atoms with Gasteiger partial charge in [0.2, 0.25) is 0 Å². The second kappa shape index (κ2) is 7.86. The first-order chi connectivity index (χ1) is 13.0. The molecule has 8 nitrogen and oxygen atoms in total. The monoisotopic (exact) mass is 369 g/mol. The Balaban J connectivity index is 1.61. The number of hydrogen-bond acceptors (Lipinski definition) is 5. The van der Waals surface area contributed by atoms with Gasteiger partial charge in [-0.2, -0.15) is 0 Å². The smallest absolute Gasteiger partial charge is 0.354 e. The molecule has 1 saturated heterocycles. The van der Waals surface area contributed by atoms with Crippen molar-refractivity contribution >= 4 is 17.8 Å². The van der Waals surface area contributed by atoms with Gasteiger partial charge in [-0.1, -0.05) is 6.07 Å². The number of ether oxygens (including phenoxy) is 1. The molecule has 1 aromatic heterocycles. The SMILES string of the molecule is COc1cccc(C(=O)N2CCN(C(=O)c3ccc(C(=O)O)nc3)CC2)c1. The van der Waals surface area contributed by atoms with Gasteiger partial charge in [-0.05, 0) is 30.3 Å². The fourth-order valence-electron chi connectivity index (χ4n) is 2.88. The van der Waals surface area contributed by atoms with Gasteiger partial charge in [-0.15, -0.1) is 0 Å². The van der Waals surface area contributed by atoms with Crippen molar-refractivity contribution in [1.82, 2.24) is 14.8 Å². The van der Waals surface area contributed by atoms with Crippen LogP contribution < -0.4 is 4.74 Å². The maximum absolute atomic E-state index is 12.6. The number of methoxy groups -OCH3 is 1. The Hall–Kier alpha value is -3.42. The Morgan fingerprint density at radius 2 is 1.59 bits per heavy atom. The first-order valence-electron chi connectivity index (χ1n) is 8.41. The van der Waals surface area contributed by atoms with Crippen molar-refractivity contribution in [2.24, 2.45) is 0 Å². The maximum Gasteiger partial charge on any atom is 0.354 e. The van der Waals surface area contributed by atoms with Gasteiger partial charge in [-0.3, -0.25) is 9.59 Å². The summed E-state index contributed by atoms with van der Waals surface area (Å²) in [6.07, 6.45) is 1.26. The molecule has 27 heavy (non-hydrogen) atoms. The molecule has 2 heterocycles. The zero-order valence-electron chi connectivity index (χ0n) is 14.8. The van der Waals surface area contributed by atoms with Crippen molar-refractivity contribution in [2.75, 3.05) is 33.3 Å². The van der Waals surface area contributed by atoms with Crippen LogP contribution in [0.2, 0.25) is 0 Å². The molecule has 0 bridgehead atoms. The number of carboxylic acids is 1. The van der Waals surface area contributed by atoms with Crippen molar-refractivity contribution in [3.8, 4) is 5.75 Å². The summed E-state index contributed by atoms with van der Waals surface area (Å²) in [6.45, 7) is 1.63. The van der Waals surface area contributed by atoms with E-state index < -0.39 is 5.97 Å². The predicted octanol–water partition coefficient (Wildman–Crippen LogP) is 1.39. The molecule has 0 saturated carbocycles. The van der Waals surface area contributed by atoms with Crippen LogP contribution in [0.3, 0.4) is 0 Å². The zero-order chi connectivity index (χ0) is 19.4. The van der Waals surface area contributed by atoms with Crippen LogP contribution in [-0.4, -0.2) is 71.0 Å². The first-order valence-corrected chi connectivity index (χ1v) is 8.41. The quantitative estimate of drug-likeness (QED) is 0.874. The summed E-state index contributed by atoms with van der Waals surface area (Å²) >= 11 is 0. The van der Waals surface area contributed by atoms with E-state index in [1.165, 1.54) is 18.3 Å². The number of carboxylic acid groups (broad SMARTS) is 1. The fourth-order valence-corrected chi connectivity index (χ4v) is 2.88. The minimum Gasteiger partial charge on any atom is -0.497 e. The largest absolute Gasteiger partial charge is 0.497 e. The number of pyridine rings is 1. The number of amides is 2. The number of carbonyl (C=O) groups is 3. The van der Waals surface area contributed by atoms with Crippen LogP contribution >= 0.6 is 0 Å². The average Bonchev–Trinajstić information content (AvgIpc) is 2.73. The van der Waals surface area contributed by atoms with Crippen molar-refractivity contribution in [3.63, 3.8) is 0 Å². The number of benzene rings is 1. The van der Waals surface area contributed by atoms with Gasteiger partial charge in [0.15, 0.2) is 0 Å². The minimum absolute atomic E-state index is 0.103. The van der Waals surface area contributed by atoms with Gasteiger partial charge in [0, 0.05) is 37.9 Å². The summed E-state index contributed by atoms with van der Waals surface area (Å²) in [7, 11) is 1.55. The number of nitrogens with zero attached hydrogens (tertiary/aromatic N) is 3. The molecule has 1 N–H and O–H groups in total. The molecule has 0 spiro atoms. The second-order valence-electron chi connectivity index (χ2n) is 6.05. The van der Waals surface area contributed by atoms with E-state index in [0.717, 1.165) is 0 Å². The van der Waals surface area contributed by atoms with E-state index in [0.29, 0.717) is 43.1 Å². The van der Waals surface area contributed by atoms with Crippen LogP contribution in [0.1, 0.15) is 31.2 Å². The molecule has 1 aromatic carbocycles. The summed E-state index contributed by atoms with van der Waals surface area (Å²) in [5, 5.41) is 8.87. The van der Waals surface area contributed by atoms with Crippen LogP contribution in [0.5, 0.6) is 5.75 Å². The summed E-state index contributed by atoms with van der Waals surface area (Å²) < 4.78 is 5.15. The van der Waals surface area contributed by atoms with E-state index in [1.54, 1.807) is 41.2 Å². The Kier molecular flexibility index (Phi) is 5.35. The molecular formula is C19H19N3O5. The number of carbonyl (C=O) groups excluding carboxylic acids is 2. The molecule has 0 radical (unpaired) electrons. The molecule has 0 aliphatic carbocycles. The molecule has 140 valence electrons. The molecule has 0 atom stereocenters. The van der Waals surface area contributed by atoms with Crippen molar-refractivity contribution in [2.45, 2.75) is 0 Å². The number of aromatic carboxylic acids is 1. The highest BCUT2D eigenvalue weighted by Crippen LogP contribution is 2.16. The molecule has 2 amide bonds. The van der Waals surface area contributed by atoms with Crippen LogP contribution in [0.4, 0.5) is 0 Å². The standard InChI is InChI=1S/C19H19N3O5/c1-27-15-4-2-3-13(11-15)17(23)21-7-9-22(10-8-21)18(24)14-5-6-16(19(25)26)20-12-14/h2-6,11-12H,7-10H2,1H3,(H,25,26). The summed E-state index contributed by atoms with van der Waals surface area (Å²) in [5.74, 6) is -0.855. The van der Waals surface area contributed by atoms with Gasteiger partial charge in [0.25, 0.3) is 11.8 Å². The van der Waals surface area contributed by atoms with Crippen LogP contribution in [0.25, 0.3) is 0 Å². The van der Waals surface area contributed by atoms with E-state index in [4.69, 9.17) is 9.84 Å². The van der Waals surface area contributed by atoms with Crippen LogP contribution in [0, 0.1) is 0 Å². The average molecular weight is 369 g/mol. The van der Waals surface area contributed by atoms with Crippen molar-refractivity contribution < 1.29 is 24.2 Å². The number of hydrogen-bond donors (Lipinski definition) is 1. The molecule has 8 heteroatoms. The summed E-state index contributed by atoms with van der Waals surface area (Å²) in [5.41, 5.74) is 0.760. The van der Waals surface area contributed by atoms with Gasteiger partial charge in [0.1, 0.15) is 11.4 Å². The summed E-state index contributed by atoms with van der Waals surface area (Å²) in [4.78, 5) is 43.1. The van der Waals surface area contributed by atoms with E-state index in [-0.39, 0.29) is 17.5 Å². The highest BCUT2D eigenvalue weighted by Gasteiger charge is 2.26. The second-order valence-corrected chi connectivity index (χ2v) is 6.05. The lowest BCUT2D eigenvalue weighted by atomic mass is 10.1. The van der Waals surface area contributed by atoms with E-state index in [2.05, 4.69) is 4.98 Å². The van der Waals surface area contributed by atoms with Crippen LogP contribution in [-0.2, 0) is 0 Å². The lowest BCUT2D eigenvalue weighted by Crippen LogP contribution is -2.50. The minimum atomic E-state index is -1.14. The van der Waals surface area contributed by atoms with Crippen molar-refractivity contribution in [1.29, 1.82) is 0 Å². The summed E-state index contributed by atoms with van der Waals surface area (Å²) in [6, 6.07) is 9.72. The Morgan fingerprint density at radius 3 is 2.11 bits per heavy atom. The third kappa shape index (κ3) is 4.05. The van der Waals surface area contributed by atoms with E-state index >= 15 is 0 Å². The van der Waals surface area contributed by atoms with Gasteiger partial charge < -0.3 is 19.6 Å². The highest BCUT2D eigenvalue weighted by molar-refractivity contribution is 5.96. The van der Waals surface area contributed by atoms with E-state index in [1.807, 2.05) is 0 Å². The Bertz CT molecular complexity index is 858. The maximum atomic E-state index is 12.6. The topological polar surface area (TPSA) is 100 Å². The molecule has 2 aromatic rings.